The molecule has 1 atom stereocenters. The number of carbonyl (C=O) groups is 2. The molecule has 0 saturated heterocycles. The van der Waals surface area contributed by atoms with Crippen molar-refractivity contribution in [1.82, 2.24) is 0 Å². The number of carbonyl (C=O) groups excluding carboxylic acids is 2. The normalized spacial score (nSPS) is 11.5. The van der Waals surface area contributed by atoms with Crippen LogP contribution in [0.5, 0.6) is 0 Å². The van der Waals surface area contributed by atoms with Gasteiger partial charge < -0.3 is 10.5 Å². The quantitative estimate of drug-likeness (QED) is 0.376. The van der Waals surface area contributed by atoms with Gasteiger partial charge in [-0.15, -0.1) is 0 Å². The van der Waals surface area contributed by atoms with Crippen molar-refractivity contribution in [3.8, 4) is 0 Å². The number of benzene rings is 2. The van der Waals surface area contributed by atoms with Gasteiger partial charge in [-0.25, -0.2) is 4.39 Å². The molecule has 0 aliphatic carbocycles. The fourth-order valence-electron chi connectivity index (χ4n) is 2.02. The van der Waals surface area contributed by atoms with Crippen LogP contribution in [-0.2, 0) is 20.9 Å². The molecule has 2 aromatic rings. The van der Waals surface area contributed by atoms with E-state index in [2.05, 4.69) is 0 Å². The Kier molecular flexibility index (Phi) is 5.20. The average molecular weight is 332 g/mol. The predicted octanol–water partition coefficient (Wildman–Crippen LogP) is 2.05. The minimum absolute atomic E-state index is 0.0913. The highest BCUT2D eigenvalue weighted by Crippen LogP contribution is 2.19. The van der Waals surface area contributed by atoms with Gasteiger partial charge in [0.1, 0.15) is 12.4 Å². The van der Waals surface area contributed by atoms with Gasteiger partial charge in [-0.2, -0.15) is 0 Å². The number of non-ortho nitro benzene ring substituents is 1. The van der Waals surface area contributed by atoms with Crippen LogP contribution < -0.4 is 5.73 Å². The second kappa shape index (κ2) is 7.32. The van der Waals surface area contributed by atoms with E-state index in [0.29, 0.717) is 5.56 Å². The number of nitrogens with two attached hydrogens (primary N) is 1. The molecule has 24 heavy (non-hydrogen) atoms. The number of nitrogens with zero attached hydrogens (tertiary/aromatic N) is 1. The molecule has 0 spiro atoms. The maximum Gasteiger partial charge on any atom is 0.323 e. The standard InChI is InChI=1S/C16H13FN2O5/c17-12-5-3-11(4-6-12)14(15(18)20)16(21)24-9-10-1-7-13(8-2-10)19(22)23/h1-8,14H,9H2,(H2,18,20). The van der Waals surface area contributed by atoms with Crippen LogP contribution in [0.15, 0.2) is 48.5 Å². The van der Waals surface area contributed by atoms with Gasteiger partial charge in [0, 0.05) is 12.1 Å². The van der Waals surface area contributed by atoms with Gasteiger partial charge in [-0.1, -0.05) is 12.1 Å². The SMILES string of the molecule is NC(=O)C(C(=O)OCc1ccc([N+](=O)[O-])cc1)c1ccc(F)cc1. The number of amides is 1. The van der Waals surface area contributed by atoms with Crippen molar-refractivity contribution in [2.75, 3.05) is 0 Å². The Balaban J connectivity index is 2.07. The molecule has 0 radical (unpaired) electrons. The van der Waals surface area contributed by atoms with Crippen molar-refractivity contribution >= 4 is 17.6 Å². The number of hydrogen-bond donors (Lipinski definition) is 1. The lowest BCUT2D eigenvalue weighted by atomic mass is 9.98. The number of hydrogen-bond acceptors (Lipinski definition) is 5. The largest absolute Gasteiger partial charge is 0.460 e. The van der Waals surface area contributed by atoms with Gasteiger partial charge in [0.05, 0.1) is 4.92 Å². The maximum atomic E-state index is 12.9. The fraction of sp³-hybridized carbons (Fsp3) is 0.125. The van der Waals surface area contributed by atoms with Crippen molar-refractivity contribution in [1.29, 1.82) is 0 Å². The smallest absolute Gasteiger partial charge is 0.323 e. The van der Waals surface area contributed by atoms with Crippen molar-refractivity contribution in [3.05, 3.63) is 75.6 Å². The minimum Gasteiger partial charge on any atom is -0.460 e. The van der Waals surface area contributed by atoms with E-state index in [4.69, 9.17) is 10.5 Å². The van der Waals surface area contributed by atoms with Gasteiger partial charge >= 0.3 is 5.97 Å². The molecular formula is C16H13FN2O5. The molecule has 0 aromatic heterocycles. The van der Waals surface area contributed by atoms with Crippen LogP contribution in [-0.4, -0.2) is 16.8 Å². The zero-order valence-corrected chi connectivity index (χ0v) is 12.3. The van der Waals surface area contributed by atoms with E-state index in [1.165, 1.54) is 36.4 Å². The van der Waals surface area contributed by atoms with Gasteiger partial charge in [0.2, 0.25) is 5.91 Å². The summed E-state index contributed by atoms with van der Waals surface area (Å²) in [5, 5.41) is 10.6. The fourth-order valence-corrected chi connectivity index (χ4v) is 2.02. The monoisotopic (exact) mass is 332 g/mol. The highest BCUT2D eigenvalue weighted by atomic mass is 19.1. The van der Waals surface area contributed by atoms with Crippen molar-refractivity contribution < 1.29 is 23.6 Å². The summed E-state index contributed by atoms with van der Waals surface area (Å²) in [6, 6.07) is 10.2. The van der Waals surface area contributed by atoms with E-state index in [1.807, 2.05) is 0 Å². The minimum atomic E-state index is -1.36. The maximum absolute atomic E-state index is 12.9. The van der Waals surface area contributed by atoms with E-state index in [9.17, 15) is 24.1 Å². The van der Waals surface area contributed by atoms with E-state index in [-0.39, 0.29) is 17.9 Å². The highest BCUT2D eigenvalue weighted by Gasteiger charge is 2.28. The second-order valence-corrected chi connectivity index (χ2v) is 4.92. The molecule has 1 amide bonds. The first-order valence-electron chi connectivity index (χ1n) is 6.83. The average Bonchev–Trinajstić information content (AvgIpc) is 2.55. The molecule has 0 saturated carbocycles. The topological polar surface area (TPSA) is 113 Å². The first kappa shape index (κ1) is 17.1. The number of rotatable bonds is 6. The molecule has 7 nitrogen and oxygen atoms in total. The molecule has 0 bridgehead atoms. The third-order valence-electron chi connectivity index (χ3n) is 3.25. The number of halogens is 1. The van der Waals surface area contributed by atoms with Crippen LogP contribution >= 0.6 is 0 Å². The second-order valence-electron chi connectivity index (χ2n) is 4.92. The highest BCUT2D eigenvalue weighted by molar-refractivity contribution is 6.02. The summed E-state index contributed by atoms with van der Waals surface area (Å²) in [5.74, 6) is -3.67. The lowest BCUT2D eigenvalue weighted by Crippen LogP contribution is -2.29. The summed E-state index contributed by atoms with van der Waals surface area (Å²) in [6.07, 6.45) is 0. The Morgan fingerprint density at radius 2 is 1.71 bits per heavy atom. The zero-order chi connectivity index (χ0) is 17.7. The number of esters is 1. The lowest BCUT2D eigenvalue weighted by molar-refractivity contribution is -0.384. The summed E-state index contributed by atoms with van der Waals surface area (Å²) < 4.78 is 18.0. The number of nitro benzene ring substituents is 1. The molecule has 124 valence electrons. The van der Waals surface area contributed by atoms with Crippen molar-refractivity contribution in [2.45, 2.75) is 12.5 Å². The summed E-state index contributed by atoms with van der Waals surface area (Å²) in [5.41, 5.74) is 5.86. The molecule has 8 heteroatoms. The van der Waals surface area contributed by atoms with Crippen LogP contribution in [0.3, 0.4) is 0 Å². The van der Waals surface area contributed by atoms with E-state index >= 15 is 0 Å². The van der Waals surface area contributed by atoms with Crippen LogP contribution in [0.1, 0.15) is 17.0 Å². The summed E-state index contributed by atoms with van der Waals surface area (Å²) >= 11 is 0. The number of primary amides is 1. The first-order chi connectivity index (χ1) is 11.4. The van der Waals surface area contributed by atoms with Crippen LogP contribution in [0.4, 0.5) is 10.1 Å². The predicted molar refractivity (Wildman–Crippen MR) is 81.2 cm³/mol. The molecule has 2 aromatic carbocycles. The van der Waals surface area contributed by atoms with E-state index in [0.717, 1.165) is 12.1 Å². The lowest BCUT2D eigenvalue weighted by Gasteiger charge is -2.13. The van der Waals surface area contributed by atoms with E-state index < -0.39 is 28.5 Å². The Labute approximate surface area is 136 Å². The van der Waals surface area contributed by atoms with Gasteiger partial charge in [-0.3, -0.25) is 19.7 Å². The Hall–Kier alpha value is -3.29. The molecule has 0 heterocycles. The molecule has 0 fully saturated rings. The molecular weight excluding hydrogens is 319 g/mol. The molecule has 2 N–H and O–H groups in total. The van der Waals surface area contributed by atoms with Crippen LogP contribution in [0.25, 0.3) is 0 Å². The van der Waals surface area contributed by atoms with Gasteiger partial charge in [0.25, 0.3) is 5.69 Å². The number of nitro groups is 1. The summed E-state index contributed by atoms with van der Waals surface area (Å²) in [4.78, 5) is 33.6. The Bertz CT molecular complexity index is 759. The molecule has 2 rings (SSSR count). The summed E-state index contributed by atoms with van der Waals surface area (Å²) in [7, 11) is 0. The first-order valence-corrected chi connectivity index (χ1v) is 6.83. The van der Waals surface area contributed by atoms with Crippen LogP contribution in [0.2, 0.25) is 0 Å². The van der Waals surface area contributed by atoms with Gasteiger partial charge in [0.15, 0.2) is 5.92 Å². The third-order valence-corrected chi connectivity index (χ3v) is 3.25. The zero-order valence-electron chi connectivity index (χ0n) is 12.3. The molecule has 0 aliphatic rings. The Morgan fingerprint density at radius 1 is 1.12 bits per heavy atom. The molecule has 1 unspecified atom stereocenters. The number of ether oxygens (including phenoxy) is 1. The van der Waals surface area contributed by atoms with Crippen LogP contribution in [0, 0.1) is 15.9 Å². The summed E-state index contributed by atoms with van der Waals surface area (Å²) in [6.45, 7) is -0.179. The van der Waals surface area contributed by atoms with Gasteiger partial charge in [-0.05, 0) is 35.4 Å². The Morgan fingerprint density at radius 3 is 2.21 bits per heavy atom. The molecule has 0 aliphatic heterocycles. The van der Waals surface area contributed by atoms with E-state index in [1.54, 1.807) is 0 Å². The third kappa shape index (κ3) is 4.13. The van der Waals surface area contributed by atoms with Crippen molar-refractivity contribution in [3.63, 3.8) is 0 Å². The van der Waals surface area contributed by atoms with Crippen molar-refractivity contribution in [2.24, 2.45) is 5.73 Å².